The van der Waals surface area contributed by atoms with Gasteiger partial charge in [0.25, 0.3) is 0 Å². The Morgan fingerprint density at radius 1 is 0.969 bits per heavy atom. The van der Waals surface area contributed by atoms with Crippen molar-refractivity contribution in [2.75, 3.05) is 38.1 Å². The van der Waals surface area contributed by atoms with Crippen molar-refractivity contribution in [1.82, 2.24) is 24.7 Å². The maximum absolute atomic E-state index is 13.5. The van der Waals surface area contributed by atoms with Gasteiger partial charge in [0.15, 0.2) is 5.65 Å². The highest BCUT2D eigenvalue weighted by molar-refractivity contribution is 7.91. The number of rotatable bonds is 3. The number of piperazine rings is 1. The number of hydrogen-bond acceptors (Lipinski definition) is 7. The van der Waals surface area contributed by atoms with Gasteiger partial charge in [-0.2, -0.15) is 4.52 Å². The smallest absolute Gasteiger partial charge is 0.229 e. The van der Waals surface area contributed by atoms with Crippen LogP contribution in [0.1, 0.15) is 11.1 Å². The monoisotopic (exact) mass is 470 g/mol. The zero-order chi connectivity index (χ0) is 22.6. The van der Waals surface area contributed by atoms with Gasteiger partial charge in [0.1, 0.15) is 5.82 Å². The average Bonchev–Trinajstić information content (AvgIpc) is 3.20. The molecule has 0 radical (unpaired) electrons. The molecule has 0 aliphatic carbocycles. The van der Waals surface area contributed by atoms with Gasteiger partial charge in [0.05, 0.1) is 10.4 Å². The predicted octanol–water partition coefficient (Wildman–Crippen LogP) is 3.13. The fourth-order valence-electron chi connectivity index (χ4n) is 3.98. The van der Waals surface area contributed by atoms with Gasteiger partial charge in [-0.15, -0.1) is 5.10 Å². The van der Waals surface area contributed by atoms with Crippen molar-refractivity contribution in [3.05, 3.63) is 52.5 Å². The molecule has 32 heavy (non-hydrogen) atoms. The molecule has 0 unspecified atom stereocenters. The molecule has 10 heteroatoms. The summed E-state index contributed by atoms with van der Waals surface area (Å²) in [6, 6.07) is 10.5. The van der Waals surface area contributed by atoms with Gasteiger partial charge in [0.2, 0.25) is 14.9 Å². The van der Waals surface area contributed by atoms with Crippen molar-refractivity contribution < 1.29 is 8.42 Å². The molecular formula is C22H23ClN6O2S. The molecule has 1 aliphatic rings. The summed E-state index contributed by atoms with van der Waals surface area (Å²) < 4.78 is 28.5. The molecule has 0 spiro atoms. The summed E-state index contributed by atoms with van der Waals surface area (Å²) in [5, 5.41) is 9.48. The van der Waals surface area contributed by atoms with E-state index in [0.717, 1.165) is 42.7 Å². The first-order valence-corrected chi connectivity index (χ1v) is 12.2. The Bertz CT molecular complexity index is 1460. The Morgan fingerprint density at radius 2 is 1.72 bits per heavy atom. The van der Waals surface area contributed by atoms with Crippen LogP contribution in [0.25, 0.3) is 16.6 Å². The van der Waals surface area contributed by atoms with Gasteiger partial charge in [-0.25, -0.2) is 13.4 Å². The van der Waals surface area contributed by atoms with Crippen LogP contribution in [0.5, 0.6) is 0 Å². The molecule has 1 aliphatic heterocycles. The maximum Gasteiger partial charge on any atom is 0.229 e. The lowest BCUT2D eigenvalue weighted by atomic mass is 10.1. The van der Waals surface area contributed by atoms with Crippen LogP contribution in [0.3, 0.4) is 0 Å². The van der Waals surface area contributed by atoms with Crippen molar-refractivity contribution >= 4 is 43.8 Å². The molecule has 0 amide bonds. The van der Waals surface area contributed by atoms with E-state index in [1.54, 1.807) is 24.3 Å². The number of benzene rings is 2. The molecular weight excluding hydrogens is 448 g/mol. The van der Waals surface area contributed by atoms with E-state index < -0.39 is 9.84 Å². The van der Waals surface area contributed by atoms with Gasteiger partial charge >= 0.3 is 0 Å². The van der Waals surface area contributed by atoms with Crippen LogP contribution >= 0.6 is 11.6 Å². The molecule has 8 nitrogen and oxygen atoms in total. The third kappa shape index (κ3) is 3.41. The predicted molar refractivity (Wildman–Crippen MR) is 124 cm³/mol. The Balaban J connectivity index is 1.75. The van der Waals surface area contributed by atoms with E-state index in [4.69, 9.17) is 16.6 Å². The van der Waals surface area contributed by atoms with E-state index in [1.165, 1.54) is 4.52 Å². The summed E-state index contributed by atoms with van der Waals surface area (Å²) in [5.41, 5.74) is 2.85. The summed E-state index contributed by atoms with van der Waals surface area (Å²) in [6.45, 7) is 7.17. The van der Waals surface area contributed by atoms with E-state index in [-0.39, 0.29) is 15.6 Å². The van der Waals surface area contributed by atoms with Gasteiger partial charge in [0, 0.05) is 36.6 Å². The summed E-state index contributed by atoms with van der Waals surface area (Å²) in [6.07, 6.45) is 0. The molecule has 166 valence electrons. The van der Waals surface area contributed by atoms with E-state index in [1.807, 2.05) is 26.0 Å². The lowest BCUT2D eigenvalue weighted by Crippen LogP contribution is -2.45. The van der Waals surface area contributed by atoms with E-state index in [9.17, 15) is 8.42 Å². The van der Waals surface area contributed by atoms with Gasteiger partial charge < -0.3 is 9.80 Å². The molecule has 0 saturated carbocycles. The van der Waals surface area contributed by atoms with Crippen LogP contribution in [0.15, 0.2) is 46.3 Å². The number of fused-ring (bicyclic) bond motifs is 3. The number of sulfone groups is 1. The minimum atomic E-state index is -3.90. The molecule has 0 N–H and O–H groups in total. The number of aromatic nitrogens is 4. The van der Waals surface area contributed by atoms with Crippen molar-refractivity contribution in [1.29, 1.82) is 0 Å². The largest absolute Gasteiger partial charge is 0.353 e. The highest BCUT2D eigenvalue weighted by atomic mass is 35.5. The minimum Gasteiger partial charge on any atom is -0.353 e. The molecule has 0 atom stereocenters. The highest BCUT2D eigenvalue weighted by Crippen LogP contribution is 2.32. The van der Waals surface area contributed by atoms with Crippen LogP contribution in [0.4, 0.5) is 5.82 Å². The third-order valence-corrected chi connectivity index (χ3v) is 7.99. The Morgan fingerprint density at radius 3 is 2.44 bits per heavy atom. The standard InChI is InChI=1S/C22H23ClN6O2S/c1-14-4-6-17(12-15(14)2)32(30,31)22-21-24-20(28-10-8-27(3)9-11-28)18-13-16(23)5-7-19(18)29(21)26-25-22/h4-7,12-13H,8-11H2,1-3H3. The fraction of sp³-hybridized carbons (Fsp3) is 0.318. The average molecular weight is 471 g/mol. The van der Waals surface area contributed by atoms with Crippen LogP contribution in [0, 0.1) is 13.8 Å². The summed E-state index contributed by atoms with van der Waals surface area (Å²) >= 11 is 6.29. The number of hydrogen-bond donors (Lipinski definition) is 0. The lowest BCUT2D eigenvalue weighted by molar-refractivity contribution is 0.312. The van der Waals surface area contributed by atoms with Crippen molar-refractivity contribution in [3.63, 3.8) is 0 Å². The third-order valence-electron chi connectivity index (χ3n) is 6.10. The molecule has 5 rings (SSSR count). The van der Waals surface area contributed by atoms with Crippen LogP contribution in [-0.4, -0.2) is 66.4 Å². The SMILES string of the molecule is Cc1ccc(S(=O)(=O)c2nnn3c2nc(N2CCN(C)CC2)c2cc(Cl)ccc23)cc1C. The Labute approximate surface area is 191 Å². The number of likely N-dealkylation sites (N-methyl/N-ethyl adjacent to an activating group) is 1. The first-order valence-electron chi connectivity index (χ1n) is 10.4. The van der Waals surface area contributed by atoms with E-state index in [0.29, 0.717) is 16.4 Å². The van der Waals surface area contributed by atoms with Gasteiger partial charge in [-0.3, -0.25) is 0 Å². The molecule has 1 fully saturated rings. The number of aryl methyl sites for hydroxylation is 2. The van der Waals surface area contributed by atoms with Crippen molar-refractivity contribution in [2.24, 2.45) is 0 Å². The number of nitrogens with zero attached hydrogens (tertiary/aromatic N) is 6. The van der Waals surface area contributed by atoms with E-state index in [2.05, 4.69) is 27.2 Å². The lowest BCUT2D eigenvalue weighted by Gasteiger charge is -2.33. The van der Waals surface area contributed by atoms with Crippen molar-refractivity contribution in [2.45, 2.75) is 23.8 Å². The summed E-state index contributed by atoms with van der Waals surface area (Å²) in [7, 11) is -1.82. The Hall–Kier alpha value is -2.75. The van der Waals surface area contributed by atoms with Crippen LogP contribution < -0.4 is 4.90 Å². The van der Waals surface area contributed by atoms with Gasteiger partial charge in [-0.05, 0) is 62.4 Å². The molecule has 4 aromatic rings. The van der Waals surface area contributed by atoms with Gasteiger partial charge in [-0.1, -0.05) is 22.9 Å². The van der Waals surface area contributed by atoms with Crippen molar-refractivity contribution in [3.8, 4) is 0 Å². The van der Waals surface area contributed by atoms with Crippen LogP contribution in [-0.2, 0) is 9.84 Å². The zero-order valence-electron chi connectivity index (χ0n) is 18.1. The number of halogens is 1. The minimum absolute atomic E-state index is 0.145. The second kappa shape index (κ2) is 7.68. The van der Waals surface area contributed by atoms with E-state index >= 15 is 0 Å². The highest BCUT2D eigenvalue weighted by Gasteiger charge is 2.29. The second-order valence-corrected chi connectivity index (χ2v) is 10.6. The summed E-state index contributed by atoms with van der Waals surface area (Å²) in [5.74, 6) is 0.696. The molecule has 0 bridgehead atoms. The molecule has 3 heterocycles. The zero-order valence-corrected chi connectivity index (χ0v) is 19.7. The Kier molecular flexibility index (Phi) is 5.07. The summed E-state index contributed by atoms with van der Waals surface area (Å²) in [4.78, 5) is 9.39. The maximum atomic E-state index is 13.5. The molecule has 2 aromatic carbocycles. The molecule has 2 aromatic heterocycles. The fourth-order valence-corrected chi connectivity index (χ4v) is 5.47. The molecule has 1 saturated heterocycles. The second-order valence-electron chi connectivity index (χ2n) is 8.27. The van der Waals surface area contributed by atoms with Crippen LogP contribution in [0.2, 0.25) is 5.02 Å². The first-order chi connectivity index (χ1) is 15.3. The number of anilines is 1. The first kappa shape index (κ1) is 21.1. The topological polar surface area (TPSA) is 83.7 Å². The normalized spacial score (nSPS) is 15.7. The quantitative estimate of drug-likeness (QED) is 0.454.